The Bertz CT molecular complexity index is 983. The van der Waals surface area contributed by atoms with Gasteiger partial charge in [0.05, 0.1) is 5.69 Å². The molecule has 174 valence electrons. The maximum atomic E-state index is 12.9. The van der Waals surface area contributed by atoms with E-state index in [-0.39, 0.29) is 30.4 Å². The van der Waals surface area contributed by atoms with Crippen LogP contribution in [0.1, 0.15) is 61.0 Å². The Kier molecular flexibility index (Phi) is 7.68. The summed E-state index contributed by atoms with van der Waals surface area (Å²) in [5, 5.41) is 0. The Balaban J connectivity index is 1.23. The number of amides is 2. The molecule has 2 heterocycles. The molecule has 1 fully saturated rings. The molecular weight excluding hydrogens is 414 g/mol. The van der Waals surface area contributed by atoms with E-state index in [9.17, 15) is 14.4 Å². The van der Waals surface area contributed by atoms with Gasteiger partial charge in [0.15, 0.2) is 5.78 Å². The summed E-state index contributed by atoms with van der Waals surface area (Å²) >= 11 is 0. The summed E-state index contributed by atoms with van der Waals surface area (Å²) in [4.78, 5) is 44.0. The van der Waals surface area contributed by atoms with Gasteiger partial charge in [-0.2, -0.15) is 0 Å². The SMILES string of the molecule is CC(c1ccccc1)N1CCN(CCCCC(=O)N2C(=O)CCC(=O)c3ccccc32)CC1. The first-order chi connectivity index (χ1) is 16.0. The van der Waals surface area contributed by atoms with E-state index in [4.69, 9.17) is 0 Å². The smallest absolute Gasteiger partial charge is 0.234 e. The zero-order chi connectivity index (χ0) is 23.2. The average Bonchev–Trinajstić information content (AvgIpc) is 2.98. The van der Waals surface area contributed by atoms with Crippen LogP contribution in [0.4, 0.5) is 5.69 Å². The van der Waals surface area contributed by atoms with Crippen molar-refractivity contribution in [3.8, 4) is 0 Å². The second-order valence-corrected chi connectivity index (χ2v) is 8.98. The molecule has 2 aliphatic rings. The van der Waals surface area contributed by atoms with E-state index in [1.54, 1.807) is 24.3 Å². The molecular formula is C27H33N3O3. The molecule has 1 unspecified atom stereocenters. The lowest BCUT2D eigenvalue weighted by atomic mass is 10.1. The molecule has 1 saturated heterocycles. The zero-order valence-electron chi connectivity index (χ0n) is 19.4. The van der Waals surface area contributed by atoms with E-state index in [1.807, 2.05) is 0 Å². The fourth-order valence-electron chi connectivity index (χ4n) is 4.82. The summed E-state index contributed by atoms with van der Waals surface area (Å²) in [6, 6.07) is 18.0. The molecule has 6 nitrogen and oxygen atoms in total. The lowest BCUT2D eigenvalue weighted by molar-refractivity contribution is -0.126. The second kappa shape index (κ2) is 10.9. The minimum Gasteiger partial charge on any atom is -0.301 e. The summed E-state index contributed by atoms with van der Waals surface area (Å²) in [7, 11) is 0. The van der Waals surface area contributed by atoms with Crippen molar-refractivity contribution in [3.05, 3.63) is 65.7 Å². The minimum absolute atomic E-state index is 0.0741. The van der Waals surface area contributed by atoms with Crippen molar-refractivity contribution in [2.24, 2.45) is 0 Å². The molecule has 2 amide bonds. The third kappa shape index (κ3) is 5.57. The Morgan fingerprint density at radius 3 is 2.33 bits per heavy atom. The number of rotatable bonds is 7. The number of ketones is 1. The molecule has 0 saturated carbocycles. The number of nitrogens with zero attached hydrogens (tertiary/aromatic N) is 3. The highest BCUT2D eigenvalue weighted by Crippen LogP contribution is 2.28. The number of anilines is 1. The molecule has 4 rings (SSSR count). The van der Waals surface area contributed by atoms with Gasteiger partial charge in [-0.25, -0.2) is 4.90 Å². The molecule has 33 heavy (non-hydrogen) atoms. The molecule has 0 aliphatic carbocycles. The predicted molar refractivity (Wildman–Crippen MR) is 129 cm³/mol. The molecule has 2 aromatic carbocycles. The van der Waals surface area contributed by atoms with Crippen LogP contribution in [0.5, 0.6) is 0 Å². The van der Waals surface area contributed by atoms with Crippen LogP contribution < -0.4 is 4.90 Å². The van der Waals surface area contributed by atoms with Crippen LogP contribution in [-0.4, -0.2) is 60.1 Å². The number of Topliss-reactive ketones (excluding diaryl/α,β-unsaturated/α-hetero) is 1. The number of hydrogen-bond acceptors (Lipinski definition) is 5. The largest absolute Gasteiger partial charge is 0.301 e. The molecule has 6 heteroatoms. The number of benzene rings is 2. The van der Waals surface area contributed by atoms with Gasteiger partial charge < -0.3 is 4.90 Å². The van der Waals surface area contributed by atoms with Crippen LogP contribution in [-0.2, 0) is 9.59 Å². The van der Waals surface area contributed by atoms with Crippen molar-refractivity contribution in [2.75, 3.05) is 37.6 Å². The van der Waals surface area contributed by atoms with Crippen molar-refractivity contribution in [2.45, 2.75) is 45.1 Å². The summed E-state index contributed by atoms with van der Waals surface area (Å²) in [5.41, 5.74) is 2.27. The number of para-hydroxylation sites is 1. The number of imide groups is 1. The van der Waals surface area contributed by atoms with Gasteiger partial charge >= 0.3 is 0 Å². The Morgan fingerprint density at radius 2 is 1.58 bits per heavy atom. The number of carbonyl (C=O) groups is 3. The van der Waals surface area contributed by atoms with Gasteiger partial charge in [0.25, 0.3) is 0 Å². The van der Waals surface area contributed by atoms with E-state index in [2.05, 4.69) is 47.1 Å². The van der Waals surface area contributed by atoms with Crippen LogP contribution in [0, 0.1) is 0 Å². The third-order valence-electron chi connectivity index (χ3n) is 6.86. The summed E-state index contributed by atoms with van der Waals surface area (Å²) in [5.74, 6) is -0.555. The van der Waals surface area contributed by atoms with Gasteiger partial charge in [-0.3, -0.25) is 19.3 Å². The first-order valence-electron chi connectivity index (χ1n) is 12.0. The first kappa shape index (κ1) is 23.3. The number of fused-ring (bicyclic) bond motifs is 1. The lowest BCUT2D eigenvalue weighted by Gasteiger charge is -2.38. The number of unbranched alkanes of at least 4 members (excludes halogenated alkanes) is 1. The van der Waals surface area contributed by atoms with Crippen LogP contribution in [0.15, 0.2) is 54.6 Å². The van der Waals surface area contributed by atoms with Gasteiger partial charge in [0, 0.05) is 57.0 Å². The first-order valence-corrected chi connectivity index (χ1v) is 12.0. The van der Waals surface area contributed by atoms with E-state index in [0.717, 1.165) is 45.6 Å². The van der Waals surface area contributed by atoms with E-state index >= 15 is 0 Å². The Morgan fingerprint density at radius 1 is 0.879 bits per heavy atom. The maximum Gasteiger partial charge on any atom is 0.234 e. The zero-order valence-corrected chi connectivity index (χ0v) is 19.4. The lowest BCUT2D eigenvalue weighted by Crippen LogP contribution is -2.47. The van der Waals surface area contributed by atoms with E-state index < -0.39 is 0 Å². The van der Waals surface area contributed by atoms with Crippen LogP contribution in [0.25, 0.3) is 0 Å². The second-order valence-electron chi connectivity index (χ2n) is 8.98. The summed E-state index contributed by atoms with van der Waals surface area (Å²) in [6.45, 7) is 7.39. The standard InChI is InChI=1S/C27H33N3O3/c1-21(22-9-3-2-4-10-22)29-19-17-28(18-20-29)16-8-7-13-26(32)30-24-12-6-5-11-23(24)25(31)14-15-27(30)33/h2-6,9-12,21H,7-8,13-20H2,1H3. The van der Waals surface area contributed by atoms with Gasteiger partial charge in [-0.05, 0) is 44.0 Å². The quantitative estimate of drug-likeness (QED) is 0.599. The van der Waals surface area contributed by atoms with Crippen molar-refractivity contribution in [1.29, 1.82) is 0 Å². The topological polar surface area (TPSA) is 60.9 Å². The van der Waals surface area contributed by atoms with Crippen LogP contribution in [0.3, 0.4) is 0 Å². The van der Waals surface area contributed by atoms with E-state index in [0.29, 0.717) is 23.7 Å². The molecule has 1 atom stereocenters. The van der Waals surface area contributed by atoms with Crippen LogP contribution >= 0.6 is 0 Å². The van der Waals surface area contributed by atoms with Gasteiger partial charge in [0.2, 0.25) is 11.8 Å². The van der Waals surface area contributed by atoms with Crippen LogP contribution in [0.2, 0.25) is 0 Å². The fraction of sp³-hybridized carbons (Fsp3) is 0.444. The summed E-state index contributed by atoms with van der Waals surface area (Å²) in [6.07, 6.45) is 2.22. The molecule has 0 spiro atoms. The minimum atomic E-state index is -0.276. The molecule has 0 radical (unpaired) electrons. The molecule has 2 aliphatic heterocycles. The molecule has 0 N–H and O–H groups in total. The summed E-state index contributed by atoms with van der Waals surface area (Å²) < 4.78 is 0. The number of piperazine rings is 1. The highest BCUT2D eigenvalue weighted by molar-refractivity contribution is 6.20. The number of hydrogen-bond donors (Lipinski definition) is 0. The highest BCUT2D eigenvalue weighted by atomic mass is 16.2. The van der Waals surface area contributed by atoms with Gasteiger partial charge in [0.1, 0.15) is 0 Å². The van der Waals surface area contributed by atoms with E-state index in [1.165, 1.54) is 10.5 Å². The van der Waals surface area contributed by atoms with Crippen molar-refractivity contribution < 1.29 is 14.4 Å². The maximum absolute atomic E-state index is 12.9. The van der Waals surface area contributed by atoms with Crippen molar-refractivity contribution in [3.63, 3.8) is 0 Å². The average molecular weight is 448 g/mol. The van der Waals surface area contributed by atoms with Gasteiger partial charge in [-0.15, -0.1) is 0 Å². The van der Waals surface area contributed by atoms with Crippen molar-refractivity contribution in [1.82, 2.24) is 9.80 Å². The monoisotopic (exact) mass is 447 g/mol. The third-order valence-corrected chi connectivity index (χ3v) is 6.86. The van der Waals surface area contributed by atoms with Crippen molar-refractivity contribution >= 4 is 23.3 Å². The molecule has 2 aromatic rings. The molecule has 0 aromatic heterocycles. The number of carbonyl (C=O) groups excluding carboxylic acids is 3. The molecule has 0 bridgehead atoms. The highest BCUT2D eigenvalue weighted by Gasteiger charge is 2.30. The van der Waals surface area contributed by atoms with Gasteiger partial charge in [-0.1, -0.05) is 42.5 Å². The Hall–Kier alpha value is -2.83. The fourth-order valence-corrected chi connectivity index (χ4v) is 4.82. The Labute approximate surface area is 196 Å². The normalized spacial score (nSPS) is 18.6. The predicted octanol–water partition coefficient (Wildman–Crippen LogP) is 4.07.